The number of aryl methyl sites for hydroxylation is 1. The van der Waals surface area contributed by atoms with E-state index >= 15 is 0 Å². The maximum absolute atomic E-state index is 11.5. The molecule has 0 aliphatic carbocycles. The summed E-state index contributed by atoms with van der Waals surface area (Å²) in [4.78, 5) is 11.5. The number of furan rings is 1. The van der Waals surface area contributed by atoms with Crippen LogP contribution in [0.15, 0.2) is 51.0 Å². The number of hydrogen-bond donors (Lipinski definition) is 1. The molecule has 0 fully saturated rings. The Morgan fingerprint density at radius 3 is 2.61 bits per heavy atom. The highest BCUT2D eigenvalue weighted by Gasteiger charge is 2.06. The van der Waals surface area contributed by atoms with Crippen LogP contribution in [0.1, 0.15) is 11.3 Å². The lowest BCUT2D eigenvalue weighted by molar-refractivity contribution is -0.123. The number of nitrogens with zero attached hydrogens (tertiary/aromatic N) is 1. The smallest absolute Gasteiger partial charge is 0.277 e. The highest BCUT2D eigenvalue weighted by Crippen LogP contribution is 2.12. The molecule has 1 N–H and O–H groups in total. The standard InChI is InChI=1S/C14H14N2O6S/c1-10-2-4-11(5-3-10)21-9-13(17)16-15-8-12-6-7-14(22-12)23(18,19)20/h2-8H,9H2,1H3,(H,16,17)(H,18,19,20)/p-1/b15-8-. The number of hydrazone groups is 1. The molecule has 0 saturated carbocycles. The van der Waals surface area contributed by atoms with Gasteiger partial charge >= 0.3 is 0 Å². The second-order valence-corrected chi connectivity index (χ2v) is 5.82. The number of ether oxygens (including phenoxy) is 1. The molecule has 1 aromatic heterocycles. The van der Waals surface area contributed by atoms with E-state index in [0.717, 1.165) is 17.8 Å². The lowest BCUT2D eigenvalue weighted by atomic mass is 10.2. The van der Waals surface area contributed by atoms with Gasteiger partial charge in [-0.3, -0.25) is 4.79 Å². The number of nitrogens with one attached hydrogen (secondary N) is 1. The number of benzene rings is 1. The van der Waals surface area contributed by atoms with Crippen molar-refractivity contribution in [3.8, 4) is 5.75 Å². The zero-order valence-corrected chi connectivity index (χ0v) is 12.9. The minimum Gasteiger partial charge on any atom is -0.742 e. The largest absolute Gasteiger partial charge is 0.742 e. The number of carbonyl (C=O) groups excluding carboxylic acids is 1. The molecule has 0 atom stereocenters. The molecule has 9 heteroatoms. The van der Waals surface area contributed by atoms with Crippen LogP contribution in [-0.4, -0.2) is 31.7 Å². The van der Waals surface area contributed by atoms with E-state index in [4.69, 9.17) is 9.15 Å². The van der Waals surface area contributed by atoms with E-state index in [2.05, 4.69) is 10.5 Å². The monoisotopic (exact) mass is 337 g/mol. The molecule has 0 bridgehead atoms. The van der Waals surface area contributed by atoms with Crippen LogP contribution in [0.25, 0.3) is 0 Å². The van der Waals surface area contributed by atoms with Gasteiger partial charge < -0.3 is 13.7 Å². The number of amides is 1. The van der Waals surface area contributed by atoms with E-state index in [-0.39, 0.29) is 12.4 Å². The van der Waals surface area contributed by atoms with E-state index in [1.54, 1.807) is 12.1 Å². The molecule has 0 unspecified atom stereocenters. The van der Waals surface area contributed by atoms with Gasteiger partial charge in [0.2, 0.25) is 5.09 Å². The summed E-state index contributed by atoms with van der Waals surface area (Å²) in [5.74, 6) is 0.0512. The first-order valence-electron chi connectivity index (χ1n) is 6.42. The molecule has 122 valence electrons. The third-order valence-electron chi connectivity index (χ3n) is 2.62. The van der Waals surface area contributed by atoms with Crippen molar-refractivity contribution < 1.29 is 26.9 Å². The van der Waals surface area contributed by atoms with Crippen molar-refractivity contribution in [2.24, 2.45) is 5.10 Å². The summed E-state index contributed by atoms with van der Waals surface area (Å²) >= 11 is 0. The number of rotatable bonds is 6. The zero-order chi connectivity index (χ0) is 16.9. The van der Waals surface area contributed by atoms with Gasteiger partial charge in [-0.2, -0.15) is 5.10 Å². The molecule has 23 heavy (non-hydrogen) atoms. The fourth-order valence-electron chi connectivity index (χ4n) is 1.52. The van der Waals surface area contributed by atoms with Gasteiger partial charge in [-0.25, -0.2) is 13.8 Å². The molecule has 0 radical (unpaired) electrons. The molecule has 1 aromatic carbocycles. The van der Waals surface area contributed by atoms with Crippen LogP contribution in [-0.2, 0) is 14.9 Å². The summed E-state index contributed by atoms with van der Waals surface area (Å²) in [5.41, 5.74) is 3.25. The Bertz CT molecular complexity index is 808. The molecule has 2 rings (SSSR count). The Morgan fingerprint density at radius 2 is 2.00 bits per heavy atom. The van der Waals surface area contributed by atoms with Crippen LogP contribution in [0.5, 0.6) is 5.75 Å². The molecule has 1 heterocycles. The minimum atomic E-state index is -4.65. The van der Waals surface area contributed by atoms with Crippen molar-refractivity contribution in [1.29, 1.82) is 0 Å². The molecule has 1 amide bonds. The van der Waals surface area contributed by atoms with Gasteiger partial charge in [0, 0.05) is 0 Å². The normalized spacial score (nSPS) is 11.6. The Morgan fingerprint density at radius 1 is 1.30 bits per heavy atom. The van der Waals surface area contributed by atoms with E-state index < -0.39 is 21.1 Å². The van der Waals surface area contributed by atoms with Crippen molar-refractivity contribution in [2.45, 2.75) is 12.0 Å². The van der Waals surface area contributed by atoms with Gasteiger partial charge in [0.05, 0.1) is 6.21 Å². The van der Waals surface area contributed by atoms with Crippen LogP contribution in [0.3, 0.4) is 0 Å². The van der Waals surface area contributed by atoms with Crippen molar-refractivity contribution in [2.75, 3.05) is 6.61 Å². The molecule has 0 aliphatic rings. The maximum atomic E-state index is 11.5. The van der Waals surface area contributed by atoms with Crippen LogP contribution < -0.4 is 10.2 Å². The zero-order valence-electron chi connectivity index (χ0n) is 12.1. The van der Waals surface area contributed by atoms with Crippen molar-refractivity contribution in [1.82, 2.24) is 5.43 Å². The van der Waals surface area contributed by atoms with Crippen molar-refractivity contribution in [3.63, 3.8) is 0 Å². The second-order valence-electron chi connectivity index (χ2n) is 4.51. The Hall–Kier alpha value is -2.65. The third kappa shape index (κ3) is 5.24. The van der Waals surface area contributed by atoms with Gasteiger partial charge in [0.15, 0.2) is 16.7 Å². The van der Waals surface area contributed by atoms with Crippen LogP contribution in [0, 0.1) is 6.92 Å². The first-order chi connectivity index (χ1) is 10.8. The Labute approximate surface area is 132 Å². The number of carbonyl (C=O) groups is 1. The fraction of sp³-hybridized carbons (Fsp3) is 0.143. The predicted molar refractivity (Wildman–Crippen MR) is 79.1 cm³/mol. The molecular formula is C14H13N2O6S-. The van der Waals surface area contributed by atoms with Crippen molar-refractivity contribution >= 4 is 22.2 Å². The lowest BCUT2D eigenvalue weighted by Crippen LogP contribution is -2.24. The van der Waals surface area contributed by atoms with Gasteiger partial charge in [0.1, 0.15) is 11.5 Å². The first-order valence-corrected chi connectivity index (χ1v) is 7.82. The van der Waals surface area contributed by atoms with E-state index in [1.807, 2.05) is 19.1 Å². The van der Waals surface area contributed by atoms with Crippen LogP contribution in [0.4, 0.5) is 0 Å². The first kappa shape index (κ1) is 16.7. The van der Waals surface area contributed by atoms with E-state index in [1.165, 1.54) is 6.07 Å². The summed E-state index contributed by atoms with van der Waals surface area (Å²) in [7, 11) is -4.65. The fourth-order valence-corrected chi connectivity index (χ4v) is 1.95. The highest BCUT2D eigenvalue weighted by molar-refractivity contribution is 7.85. The minimum absolute atomic E-state index is 0.0131. The maximum Gasteiger partial charge on any atom is 0.277 e. The molecular weight excluding hydrogens is 324 g/mol. The summed E-state index contributed by atoms with van der Waals surface area (Å²) in [6.07, 6.45) is 1.07. The van der Waals surface area contributed by atoms with Gasteiger partial charge in [0.25, 0.3) is 5.91 Å². The lowest BCUT2D eigenvalue weighted by Gasteiger charge is -2.04. The Balaban J connectivity index is 1.82. The summed E-state index contributed by atoms with van der Waals surface area (Å²) in [5, 5.41) is 2.85. The van der Waals surface area contributed by atoms with Crippen LogP contribution >= 0.6 is 0 Å². The molecule has 0 saturated heterocycles. The summed E-state index contributed by atoms with van der Waals surface area (Å²) < 4.78 is 42.0. The SMILES string of the molecule is Cc1ccc(OCC(=O)N/N=C\c2ccc(S(=O)(=O)[O-])o2)cc1. The van der Waals surface area contributed by atoms with Crippen molar-refractivity contribution in [3.05, 3.63) is 47.7 Å². The average molecular weight is 337 g/mol. The van der Waals surface area contributed by atoms with Gasteiger partial charge in [-0.05, 0) is 31.2 Å². The second kappa shape index (κ2) is 7.07. The topological polar surface area (TPSA) is 121 Å². The van der Waals surface area contributed by atoms with Gasteiger partial charge in [-0.15, -0.1) is 0 Å². The molecule has 0 spiro atoms. The summed E-state index contributed by atoms with van der Waals surface area (Å²) in [6.45, 7) is 1.70. The number of hydrogen-bond acceptors (Lipinski definition) is 7. The third-order valence-corrected chi connectivity index (χ3v) is 3.33. The predicted octanol–water partition coefficient (Wildman–Crippen LogP) is 1.02. The highest BCUT2D eigenvalue weighted by atomic mass is 32.2. The van der Waals surface area contributed by atoms with E-state index in [0.29, 0.717) is 5.75 Å². The Kier molecular flexibility index (Phi) is 5.14. The molecule has 8 nitrogen and oxygen atoms in total. The quantitative estimate of drug-likeness (QED) is 0.477. The van der Waals surface area contributed by atoms with E-state index in [9.17, 15) is 17.8 Å². The summed E-state index contributed by atoms with van der Waals surface area (Å²) in [6, 6.07) is 9.42. The molecule has 0 aliphatic heterocycles. The van der Waals surface area contributed by atoms with Gasteiger partial charge in [-0.1, -0.05) is 17.7 Å². The van der Waals surface area contributed by atoms with Crippen LogP contribution in [0.2, 0.25) is 0 Å². The molecule has 2 aromatic rings. The average Bonchev–Trinajstić information content (AvgIpc) is 2.96.